The fourth-order valence-corrected chi connectivity index (χ4v) is 1.72. The molecule has 0 rings (SSSR count). The fourth-order valence-electron chi connectivity index (χ4n) is 1.72. The lowest BCUT2D eigenvalue weighted by molar-refractivity contribution is -0.139. The highest BCUT2D eigenvalue weighted by atomic mass is 19.1. The van der Waals surface area contributed by atoms with E-state index in [0.717, 1.165) is 25.7 Å². The van der Waals surface area contributed by atoms with Gasteiger partial charge in [-0.25, -0.2) is 4.79 Å². The smallest absolute Gasteiger partial charge is 0.333 e. The largest absolute Gasteiger partial charge is 0.462 e. The van der Waals surface area contributed by atoms with Gasteiger partial charge >= 0.3 is 5.97 Å². The van der Waals surface area contributed by atoms with Crippen molar-refractivity contribution < 1.29 is 13.9 Å². The molecule has 0 aromatic heterocycles. The summed E-state index contributed by atoms with van der Waals surface area (Å²) >= 11 is 0. The lowest BCUT2D eigenvalue weighted by Gasteiger charge is -2.04. The van der Waals surface area contributed by atoms with E-state index in [4.69, 9.17) is 4.74 Å². The number of carbonyl (C=O) groups is 1. The minimum absolute atomic E-state index is 0.178. The average molecular weight is 258 g/mol. The number of unbranched alkanes of at least 4 members (excludes halogenated alkanes) is 8. The molecule has 0 aromatic rings. The van der Waals surface area contributed by atoms with Crippen molar-refractivity contribution in [3.05, 3.63) is 12.2 Å². The molecule has 106 valence electrons. The van der Waals surface area contributed by atoms with Gasteiger partial charge in [-0.15, -0.1) is 0 Å². The third kappa shape index (κ3) is 11.6. The van der Waals surface area contributed by atoms with Crippen LogP contribution in [0.4, 0.5) is 4.39 Å². The van der Waals surface area contributed by atoms with Crippen molar-refractivity contribution in [2.24, 2.45) is 0 Å². The molecule has 0 bridgehead atoms. The first-order valence-electron chi connectivity index (χ1n) is 7.07. The van der Waals surface area contributed by atoms with E-state index in [9.17, 15) is 9.18 Å². The van der Waals surface area contributed by atoms with Crippen molar-refractivity contribution in [1.82, 2.24) is 0 Å². The maximum absolute atomic E-state index is 11.8. The minimum atomic E-state index is -0.289. The van der Waals surface area contributed by atoms with E-state index in [0.29, 0.717) is 18.6 Å². The molecule has 0 atom stereocenters. The van der Waals surface area contributed by atoms with Crippen LogP contribution in [0.25, 0.3) is 0 Å². The number of hydrogen-bond donors (Lipinski definition) is 0. The Morgan fingerprint density at radius 1 is 0.944 bits per heavy atom. The quantitative estimate of drug-likeness (QED) is 0.291. The van der Waals surface area contributed by atoms with Crippen LogP contribution < -0.4 is 0 Å². The normalized spacial score (nSPS) is 10.3. The number of esters is 1. The van der Waals surface area contributed by atoms with Crippen molar-refractivity contribution in [2.75, 3.05) is 13.3 Å². The number of rotatable bonds is 12. The lowest BCUT2D eigenvalue weighted by atomic mass is 10.1. The van der Waals surface area contributed by atoms with Gasteiger partial charge < -0.3 is 4.74 Å². The van der Waals surface area contributed by atoms with Crippen LogP contribution in [-0.4, -0.2) is 19.3 Å². The molecule has 0 aromatic carbocycles. The number of alkyl halides is 1. The second-order valence-electron chi connectivity index (χ2n) is 4.79. The maximum Gasteiger partial charge on any atom is 0.333 e. The van der Waals surface area contributed by atoms with Gasteiger partial charge in [0.1, 0.15) is 0 Å². The minimum Gasteiger partial charge on any atom is -0.462 e. The summed E-state index contributed by atoms with van der Waals surface area (Å²) < 4.78 is 16.8. The molecule has 18 heavy (non-hydrogen) atoms. The van der Waals surface area contributed by atoms with Crippen molar-refractivity contribution in [3.63, 3.8) is 0 Å². The van der Waals surface area contributed by atoms with Gasteiger partial charge in [0.05, 0.1) is 13.3 Å². The summed E-state index contributed by atoms with van der Waals surface area (Å²) in [6.07, 6.45) is 9.79. The molecule has 0 radical (unpaired) electrons. The zero-order valence-electron chi connectivity index (χ0n) is 11.7. The first-order valence-corrected chi connectivity index (χ1v) is 7.07. The van der Waals surface area contributed by atoms with Crippen molar-refractivity contribution in [2.45, 2.75) is 64.7 Å². The SMILES string of the molecule is C=C(C)C(=O)OCCCCCCCCCCCF. The van der Waals surface area contributed by atoms with Crippen LogP contribution in [0.1, 0.15) is 64.7 Å². The summed E-state index contributed by atoms with van der Waals surface area (Å²) in [7, 11) is 0. The van der Waals surface area contributed by atoms with Crippen molar-refractivity contribution in [1.29, 1.82) is 0 Å². The zero-order chi connectivity index (χ0) is 13.6. The second-order valence-corrected chi connectivity index (χ2v) is 4.79. The van der Waals surface area contributed by atoms with Gasteiger partial charge in [-0.3, -0.25) is 4.39 Å². The predicted octanol–water partition coefficient (Wildman–Crippen LogP) is 4.59. The highest BCUT2D eigenvalue weighted by Crippen LogP contribution is 2.10. The van der Waals surface area contributed by atoms with E-state index in [1.54, 1.807) is 6.92 Å². The van der Waals surface area contributed by atoms with E-state index in [2.05, 4.69) is 6.58 Å². The molecular formula is C15H27FO2. The van der Waals surface area contributed by atoms with E-state index >= 15 is 0 Å². The molecule has 0 amide bonds. The Morgan fingerprint density at radius 3 is 1.83 bits per heavy atom. The lowest BCUT2D eigenvalue weighted by Crippen LogP contribution is -2.05. The van der Waals surface area contributed by atoms with Crippen LogP contribution in [0.15, 0.2) is 12.2 Å². The molecule has 2 nitrogen and oxygen atoms in total. The number of halogens is 1. The Bertz CT molecular complexity index is 227. The van der Waals surface area contributed by atoms with Crippen LogP contribution in [0.2, 0.25) is 0 Å². The van der Waals surface area contributed by atoms with Gasteiger partial charge in [0.2, 0.25) is 0 Å². The highest BCUT2D eigenvalue weighted by molar-refractivity contribution is 5.86. The van der Waals surface area contributed by atoms with Gasteiger partial charge in [-0.2, -0.15) is 0 Å². The summed E-state index contributed by atoms with van der Waals surface area (Å²) in [5.74, 6) is -0.289. The molecule has 3 heteroatoms. The van der Waals surface area contributed by atoms with Crippen molar-refractivity contribution in [3.8, 4) is 0 Å². The van der Waals surface area contributed by atoms with Gasteiger partial charge in [0.15, 0.2) is 0 Å². The molecule has 0 aliphatic carbocycles. The maximum atomic E-state index is 11.8. The number of carbonyl (C=O) groups excluding carboxylic acids is 1. The van der Waals surface area contributed by atoms with Crippen LogP contribution in [-0.2, 0) is 9.53 Å². The Balaban J connectivity index is 3.07. The third-order valence-electron chi connectivity index (χ3n) is 2.86. The molecule has 0 aliphatic heterocycles. The topological polar surface area (TPSA) is 26.3 Å². The summed E-state index contributed by atoms with van der Waals surface area (Å²) in [6, 6.07) is 0. The molecule has 0 spiro atoms. The summed E-state index contributed by atoms with van der Waals surface area (Å²) in [5.41, 5.74) is 0.461. The first-order chi connectivity index (χ1) is 8.68. The van der Waals surface area contributed by atoms with Gasteiger partial charge in [-0.1, -0.05) is 51.5 Å². The highest BCUT2D eigenvalue weighted by Gasteiger charge is 2.01. The van der Waals surface area contributed by atoms with E-state index in [1.165, 1.54) is 25.7 Å². The summed E-state index contributed by atoms with van der Waals surface area (Å²) in [4.78, 5) is 11.1. The van der Waals surface area contributed by atoms with Gasteiger partial charge in [0, 0.05) is 5.57 Å². The van der Waals surface area contributed by atoms with Gasteiger partial charge in [-0.05, 0) is 19.8 Å². The Hall–Kier alpha value is -0.860. The predicted molar refractivity (Wildman–Crippen MR) is 73.3 cm³/mol. The number of ether oxygens (including phenoxy) is 1. The molecule has 0 N–H and O–H groups in total. The van der Waals surface area contributed by atoms with Crippen LogP contribution >= 0.6 is 0 Å². The molecule has 0 saturated carbocycles. The zero-order valence-corrected chi connectivity index (χ0v) is 11.7. The monoisotopic (exact) mass is 258 g/mol. The van der Waals surface area contributed by atoms with E-state index in [-0.39, 0.29) is 12.6 Å². The number of hydrogen-bond acceptors (Lipinski definition) is 2. The molecule has 0 unspecified atom stereocenters. The molecule has 0 heterocycles. The van der Waals surface area contributed by atoms with Crippen molar-refractivity contribution >= 4 is 5.97 Å². The Kier molecular flexibility index (Phi) is 12.0. The molecule has 0 aliphatic rings. The van der Waals surface area contributed by atoms with Crippen LogP contribution in [0, 0.1) is 0 Å². The molecule has 0 saturated heterocycles. The van der Waals surface area contributed by atoms with E-state index in [1.807, 2.05) is 0 Å². The summed E-state index contributed by atoms with van der Waals surface area (Å²) in [6.45, 7) is 5.51. The second kappa shape index (κ2) is 12.6. The Labute approximate surface area is 111 Å². The van der Waals surface area contributed by atoms with Gasteiger partial charge in [0.25, 0.3) is 0 Å². The summed E-state index contributed by atoms with van der Waals surface area (Å²) in [5, 5.41) is 0. The third-order valence-corrected chi connectivity index (χ3v) is 2.86. The van der Waals surface area contributed by atoms with Crippen LogP contribution in [0.3, 0.4) is 0 Å². The molecular weight excluding hydrogens is 231 g/mol. The Morgan fingerprint density at radius 2 is 1.39 bits per heavy atom. The first kappa shape index (κ1) is 17.1. The standard InChI is InChI=1S/C15H27FO2/c1-14(2)15(17)18-13-11-9-7-5-3-4-6-8-10-12-16/h1,3-13H2,2H3. The van der Waals surface area contributed by atoms with Crippen LogP contribution in [0.5, 0.6) is 0 Å². The van der Waals surface area contributed by atoms with E-state index < -0.39 is 0 Å². The fraction of sp³-hybridized carbons (Fsp3) is 0.800. The average Bonchev–Trinajstić information content (AvgIpc) is 2.35. The molecule has 0 fully saturated rings.